The van der Waals surface area contributed by atoms with Gasteiger partial charge in [0.25, 0.3) is 0 Å². The molecule has 0 saturated carbocycles. The van der Waals surface area contributed by atoms with Crippen molar-refractivity contribution in [1.82, 2.24) is 0 Å². The molecule has 94 valence electrons. The van der Waals surface area contributed by atoms with Gasteiger partial charge in [0.05, 0.1) is 0 Å². The Bertz CT molecular complexity index is 453. The average molecular weight is 238 g/mol. The van der Waals surface area contributed by atoms with Crippen LogP contribution in [0.1, 0.15) is 32.3 Å². The van der Waals surface area contributed by atoms with Gasteiger partial charge in [-0.2, -0.15) is 0 Å². The minimum absolute atomic E-state index is 0.789. The molecule has 0 amide bonds. The molecular weight excluding hydrogens is 216 g/mol. The molecule has 0 aromatic heterocycles. The maximum atomic E-state index is 2.34. The molecular formula is C18H22. The average Bonchev–Trinajstić information content (AvgIpc) is 2.41. The first-order chi connectivity index (χ1) is 8.79. The Morgan fingerprint density at radius 1 is 0.833 bits per heavy atom. The van der Waals surface area contributed by atoms with Crippen molar-refractivity contribution < 1.29 is 0 Å². The van der Waals surface area contributed by atoms with E-state index >= 15 is 0 Å². The highest BCUT2D eigenvalue weighted by atomic mass is 14.1. The molecule has 0 heteroatoms. The molecule has 1 atom stereocenters. The number of benzene rings is 2. The van der Waals surface area contributed by atoms with E-state index in [1.807, 2.05) is 0 Å². The lowest BCUT2D eigenvalue weighted by Crippen LogP contribution is -1.98. The van der Waals surface area contributed by atoms with Crippen LogP contribution in [-0.4, -0.2) is 0 Å². The highest BCUT2D eigenvalue weighted by Crippen LogP contribution is 2.21. The van der Waals surface area contributed by atoms with Gasteiger partial charge in [0.1, 0.15) is 0 Å². The third-order valence-electron chi connectivity index (χ3n) is 3.43. The maximum Gasteiger partial charge on any atom is -0.0184 e. The summed E-state index contributed by atoms with van der Waals surface area (Å²) < 4.78 is 0. The quantitative estimate of drug-likeness (QED) is 0.660. The Kier molecular flexibility index (Phi) is 4.58. The Morgan fingerprint density at radius 2 is 1.44 bits per heavy atom. The first-order valence-corrected chi connectivity index (χ1v) is 6.94. The Hall–Kier alpha value is -1.56. The molecule has 0 aliphatic carbocycles. The van der Waals surface area contributed by atoms with Crippen molar-refractivity contribution >= 4 is 0 Å². The van der Waals surface area contributed by atoms with Crippen LogP contribution in [0.25, 0.3) is 11.1 Å². The van der Waals surface area contributed by atoms with Gasteiger partial charge in [-0.05, 0) is 29.0 Å². The molecule has 0 aliphatic heterocycles. The van der Waals surface area contributed by atoms with E-state index in [1.54, 1.807) is 0 Å². The second kappa shape index (κ2) is 6.39. The molecule has 1 unspecified atom stereocenters. The van der Waals surface area contributed by atoms with Gasteiger partial charge in [-0.15, -0.1) is 0 Å². The van der Waals surface area contributed by atoms with E-state index in [1.165, 1.54) is 36.0 Å². The molecule has 0 N–H and O–H groups in total. The van der Waals surface area contributed by atoms with Crippen molar-refractivity contribution in [2.24, 2.45) is 5.92 Å². The molecule has 0 radical (unpaired) electrons. The fraction of sp³-hybridized carbons (Fsp3) is 0.333. The monoisotopic (exact) mass is 238 g/mol. The first-order valence-electron chi connectivity index (χ1n) is 6.94. The van der Waals surface area contributed by atoms with Crippen molar-refractivity contribution in [3.8, 4) is 11.1 Å². The highest BCUT2D eigenvalue weighted by molar-refractivity contribution is 5.63. The SMILES string of the molecule is CCCC(C)Cc1ccc(-c2ccccc2)cc1. The molecule has 0 bridgehead atoms. The predicted molar refractivity (Wildman–Crippen MR) is 79.7 cm³/mol. The number of hydrogen-bond donors (Lipinski definition) is 0. The second-order valence-electron chi connectivity index (χ2n) is 5.16. The van der Waals surface area contributed by atoms with Gasteiger partial charge >= 0.3 is 0 Å². The van der Waals surface area contributed by atoms with Crippen molar-refractivity contribution in [2.45, 2.75) is 33.1 Å². The lowest BCUT2D eigenvalue weighted by molar-refractivity contribution is 0.522. The van der Waals surface area contributed by atoms with E-state index < -0.39 is 0 Å². The van der Waals surface area contributed by atoms with Crippen molar-refractivity contribution in [1.29, 1.82) is 0 Å². The molecule has 0 spiro atoms. The topological polar surface area (TPSA) is 0 Å². The van der Waals surface area contributed by atoms with Gasteiger partial charge in [0, 0.05) is 0 Å². The smallest absolute Gasteiger partial charge is 0.0184 e. The standard InChI is InChI=1S/C18H22/c1-3-7-15(2)14-16-10-12-18(13-11-16)17-8-5-4-6-9-17/h4-6,8-13,15H,3,7,14H2,1-2H3. The van der Waals surface area contributed by atoms with Gasteiger partial charge in [-0.25, -0.2) is 0 Å². The van der Waals surface area contributed by atoms with Crippen LogP contribution in [0.3, 0.4) is 0 Å². The molecule has 0 aliphatic rings. The number of rotatable bonds is 5. The van der Waals surface area contributed by atoms with E-state index in [4.69, 9.17) is 0 Å². The van der Waals surface area contributed by atoms with Gasteiger partial charge in [-0.1, -0.05) is 81.3 Å². The Balaban J connectivity index is 2.06. The van der Waals surface area contributed by atoms with E-state index in [0.717, 1.165) is 5.92 Å². The molecule has 2 aromatic carbocycles. The fourth-order valence-electron chi connectivity index (χ4n) is 2.46. The Morgan fingerprint density at radius 3 is 2.06 bits per heavy atom. The summed E-state index contributed by atoms with van der Waals surface area (Å²) in [6.45, 7) is 4.60. The summed E-state index contributed by atoms with van der Waals surface area (Å²) in [5.41, 5.74) is 4.06. The normalized spacial score (nSPS) is 12.3. The molecule has 0 nitrogen and oxygen atoms in total. The van der Waals surface area contributed by atoms with Crippen LogP contribution in [0.4, 0.5) is 0 Å². The van der Waals surface area contributed by atoms with E-state index in [2.05, 4.69) is 68.4 Å². The third kappa shape index (κ3) is 3.46. The molecule has 2 rings (SSSR count). The van der Waals surface area contributed by atoms with E-state index in [-0.39, 0.29) is 0 Å². The zero-order valence-electron chi connectivity index (χ0n) is 11.4. The summed E-state index contributed by atoms with van der Waals surface area (Å²) in [6, 6.07) is 19.6. The molecule has 18 heavy (non-hydrogen) atoms. The minimum atomic E-state index is 0.789. The number of hydrogen-bond acceptors (Lipinski definition) is 0. The summed E-state index contributed by atoms with van der Waals surface area (Å²) in [5.74, 6) is 0.789. The molecule has 0 saturated heterocycles. The van der Waals surface area contributed by atoms with Crippen LogP contribution >= 0.6 is 0 Å². The van der Waals surface area contributed by atoms with Crippen molar-refractivity contribution in [2.75, 3.05) is 0 Å². The lowest BCUT2D eigenvalue weighted by Gasteiger charge is -2.10. The summed E-state index contributed by atoms with van der Waals surface area (Å²) in [5, 5.41) is 0. The summed E-state index contributed by atoms with van der Waals surface area (Å²) in [4.78, 5) is 0. The third-order valence-corrected chi connectivity index (χ3v) is 3.43. The van der Waals surface area contributed by atoms with E-state index in [9.17, 15) is 0 Å². The van der Waals surface area contributed by atoms with Gasteiger partial charge in [0.15, 0.2) is 0 Å². The molecule has 0 fully saturated rings. The van der Waals surface area contributed by atoms with E-state index in [0.29, 0.717) is 0 Å². The summed E-state index contributed by atoms with van der Waals surface area (Å²) in [6.07, 6.45) is 3.80. The summed E-state index contributed by atoms with van der Waals surface area (Å²) >= 11 is 0. The Labute approximate surface area is 111 Å². The molecule has 2 aromatic rings. The largest absolute Gasteiger partial charge is 0.0654 e. The van der Waals surface area contributed by atoms with Crippen LogP contribution in [0.15, 0.2) is 54.6 Å². The van der Waals surface area contributed by atoms with Crippen molar-refractivity contribution in [3.63, 3.8) is 0 Å². The van der Waals surface area contributed by atoms with Crippen LogP contribution < -0.4 is 0 Å². The predicted octanol–water partition coefficient (Wildman–Crippen LogP) is 5.33. The maximum absolute atomic E-state index is 2.34. The van der Waals surface area contributed by atoms with Gasteiger partial charge in [-0.3, -0.25) is 0 Å². The highest BCUT2D eigenvalue weighted by Gasteiger charge is 2.03. The zero-order valence-corrected chi connectivity index (χ0v) is 11.4. The fourth-order valence-corrected chi connectivity index (χ4v) is 2.46. The van der Waals surface area contributed by atoms with Crippen LogP contribution in [0.5, 0.6) is 0 Å². The van der Waals surface area contributed by atoms with Crippen LogP contribution in [0.2, 0.25) is 0 Å². The van der Waals surface area contributed by atoms with Gasteiger partial charge < -0.3 is 0 Å². The second-order valence-corrected chi connectivity index (χ2v) is 5.16. The van der Waals surface area contributed by atoms with Crippen LogP contribution in [-0.2, 0) is 6.42 Å². The van der Waals surface area contributed by atoms with Crippen LogP contribution in [0, 0.1) is 5.92 Å². The summed E-state index contributed by atoms with van der Waals surface area (Å²) in [7, 11) is 0. The zero-order chi connectivity index (χ0) is 12.8. The molecule has 0 heterocycles. The van der Waals surface area contributed by atoms with Crippen molar-refractivity contribution in [3.05, 3.63) is 60.2 Å². The minimum Gasteiger partial charge on any atom is -0.0654 e. The first kappa shape index (κ1) is 12.9. The van der Waals surface area contributed by atoms with Gasteiger partial charge in [0.2, 0.25) is 0 Å². The lowest BCUT2D eigenvalue weighted by atomic mass is 9.95.